The smallest absolute Gasteiger partial charge is 0.180 e. The minimum absolute atomic E-state index is 0.800. The Kier molecular flexibility index (Phi) is 1.89. The van der Waals surface area contributed by atoms with Crippen molar-refractivity contribution in [1.29, 1.82) is 0 Å². The number of aromatic nitrogens is 4. The van der Waals surface area contributed by atoms with Crippen LogP contribution in [-0.4, -0.2) is 20.0 Å². The lowest BCUT2D eigenvalue weighted by atomic mass is 10.1. The Balaban J connectivity index is 2.49. The largest absolute Gasteiger partial charge is 0.193 e. The van der Waals surface area contributed by atoms with Gasteiger partial charge in [0.25, 0.3) is 0 Å². The van der Waals surface area contributed by atoms with Crippen LogP contribution < -0.4 is 0 Å². The van der Waals surface area contributed by atoms with Crippen molar-refractivity contribution in [2.45, 2.75) is 20.3 Å². The van der Waals surface area contributed by atoms with Crippen LogP contribution in [0.4, 0.5) is 0 Å². The molecule has 0 radical (unpaired) electrons. The minimum Gasteiger partial charge on any atom is -0.193 e. The van der Waals surface area contributed by atoms with Crippen molar-refractivity contribution in [1.82, 2.24) is 20.0 Å². The molecular weight excluding hydrogens is 200 g/mol. The predicted octanol–water partition coefficient (Wildman–Crippen LogP) is 2.15. The lowest BCUT2D eigenvalue weighted by Gasteiger charge is -2.05. The zero-order valence-electron chi connectivity index (χ0n) is 9.31. The normalized spacial score (nSPS) is 11.4. The zero-order chi connectivity index (χ0) is 11.1. The Morgan fingerprint density at radius 1 is 1.25 bits per heavy atom. The summed E-state index contributed by atoms with van der Waals surface area (Å²) in [6, 6.07) is 8.45. The Bertz CT molecular complexity index is 669. The van der Waals surface area contributed by atoms with Gasteiger partial charge in [-0.15, -0.1) is 5.10 Å². The van der Waals surface area contributed by atoms with E-state index in [-0.39, 0.29) is 0 Å². The average Bonchev–Trinajstić information content (AvgIpc) is 2.77. The van der Waals surface area contributed by atoms with E-state index >= 15 is 0 Å². The fraction of sp³-hybridized carbons (Fsp3) is 0.250. The first-order valence-corrected chi connectivity index (χ1v) is 5.40. The van der Waals surface area contributed by atoms with Gasteiger partial charge in [0.15, 0.2) is 5.65 Å². The van der Waals surface area contributed by atoms with Gasteiger partial charge >= 0.3 is 0 Å². The van der Waals surface area contributed by atoms with E-state index in [1.54, 1.807) is 4.52 Å². The van der Waals surface area contributed by atoms with Gasteiger partial charge in [0.2, 0.25) is 0 Å². The van der Waals surface area contributed by atoms with E-state index in [2.05, 4.69) is 47.6 Å². The van der Waals surface area contributed by atoms with Gasteiger partial charge in [0.1, 0.15) is 0 Å². The highest BCUT2D eigenvalue weighted by atomic mass is 15.5. The number of tetrazole rings is 1. The van der Waals surface area contributed by atoms with Crippen molar-refractivity contribution in [3.8, 4) is 0 Å². The van der Waals surface area contributed by atoms with Gasteiger partial charge in [0, 0.05) is 5.39 Å². The van der Waals surface area contributed by atoms with Crippen molar-refractivity contribution < 1.29 is 0 Å². The number of benzene rings is 1. The standard InChI is InChI=1S/C12H12N4/c1-3-9-4-5-11-10(7-9)8(2)6-12-13-14-15-16(11)12/h4-7H,3H2,1-2H3. The molecule has 3 rings (SSSR count). The van der Waals surface area contributed by atoms with Gasteiger partial charge in [-0.2, -0.15) is 4.52 Å². The summed E-state index contributed by atoms with van der Waals surface area (Å²) in [5, 5.41) is 12.9. The molecule has 4 heteroatoms. The third-order valence-corrected chi connectivity index (χ3v) is 2.96. The molecule has 80 valence electrons. The van der Waals surface area contributed by atoms with Crippen LogP contribution in [0.5, 0.6) is 0 Å². The molecular formula is C12H12N4. The van der Waals surface area contributed by atoms with Crippen LogP contribution in [0.1, 0.15) is 18.1 Å². The highest BCUT2D eigenvalue weighted by molar-refractivity contribution is 5.85. The zero-order valence-corrected chi connectivity index (χ0v) is 9.31. The number of nitrogens with zero attached hydrogens (tertiary/aromatic N) is 4. The number of pyridine rings is 1. The molecule has 0 aliphatic rings. The number of rotatable bonds is 1. The predicted molar refractivity (Wildman–Crippen MR) is 62.4 cm³/mol. The average molecular weight is 212 g/mol. The molecule has 1 aromatic carbocycles. The molecule has 4 nitrogen and oxygen atoms in total. The van der Waals surface area contributed by atoms with Crippen molar-refractivity contribution in [2.24, 2.45) is 0 Å². The van der Waals surface area contributed by atoms with Gasteiger partial charge in [0.05, 0.1) is 5.52 Å². The second-order valence-electron chi connectivity index (χ2n) is 3.98. The number of aryl methyl sites for hydroxylation is 2. The van der Waals surface area contributed by atoms with E-state index in [0.29, 0.717) is 0 Å². The third-order valence-electron chi connectivity index (χ3n) is 2.96. The van der Waals surface area contributed by atoms with E-state index < -0.39 is 0 Å². The highest BCUT2D eigenvalue weighted by Gasteiger charge is 2.06. The van der Waals surface area contributed by atoms with Crippen LogP contribution in [0.3, 0.4) is 0 Å². The summed E-state index contributed by atoms with van der Waals surface area (Å²) in [4.78, 5) is 0. The fourth-order valence-corrected chi connectivity index (χ4v) is 2.03. The molecule has 0 aliphatic carbocycles. The molecule has 0 bridgehead atoms. The maximum Gasteiger partial charge on any atom is 0.180 e. The molecule has 2 heterocycles. The number of hydrogen-bond acceptors (Lipinski definition) is 3. The molecule has 0 saturated carbocycles. The molecule has 0 amide bonds. The maximum atomic E-state index is 4.00. The van der Waals surface area contributed by atoms with Gasteiger partial charge in [-0.3, -0.25) is 0 Å². The van der Waals surface area contributed by atoms with E-state index in [0.717, 1.165) is 17.6 Å². The lowest BCUT2D eigenvalue weighted by Crippen LogP contribution is -1.94. The molecule has 16 heavy (non-hydrogen) atoms. The summed E-state index contributed by atoms with van der Waals surface area (Å²) in [7, 11) is 0. The number of fused-ring (bicyclic) bond motifs is 3. The molecule has 0 atom stereocenters. The minimum atomic E-state index is 0.800. The molecule has 0 unspecified atom stereocenters. The Morgan fingerprint density at radius 2 is 2.12 bits per heavy atom. The second-order valence-corrected chi connectivity index (χ2v) is 3.98. The molecule has 0 saturated heterocycles. The van der Waals surface area contributed by atoms with E-state index in [1.807, 2.05) is 6.07 Å². The quantitative estimate of drug-likeness (QED) is 0.620. The van der Waals surface area contributed by atoms with Crippen molar-refractivity contribution in [3.05, 3.63) is 35.4 Å². The van der Waals surface area contributed by atoms with Crippen molar-refractivity contribution in [3.63, 3.8) is 0 Å². The molecule has 0 aliphatic heterocycles. The SMILES string of the molecule is CCc1ccc2c(c1)c(C)cc1nnnn12. The first-order chi connectivity index (χ1) is 7.79. The molecule has 0 spiro atoms. The van der Waals surface area contributed by atoms with Crippen LogP contribution in [0.25, 0.3) is 16.6 Å². The number of hydrogen-bond donors (Lipinski definition) is 0. The van der Waals surface area contributed by atoms with Gasteiger partial charge in [-0.25, -0.2) is 0 Å². The highest BCUT2D eigenvalue weighted by Crippen LogP contribution is 2.21. The molecule has 0 N–H and O–H groups in total. The summed E-state index contributed by atoms with van der Waals surface area (Å²) >= 11 is 0. The fourth-order valence-electron chi connectivity index (χ4n) is 2.03. The van der Waals surface area contributed by atoms with E-state index in [4.69, 9.17) is 0 Å². The van der Waals surface area contributed by atoms with Gasteiger partial charge in [-0.05, 0) is 53.1 Å². The maximum absolute atomic E-state index is 4.00. The lowest BCUT2D eigenvalue weighted by molar-refractivity contribution is 0.841. The van der Waals surface area contributed by atoms with Crippen LogP contribution >= 0.6 is 0 Å². The molecule has 2 aromatic heterocycles. The Labute approximate surface area is 92.9 Å². The Hall–Kier alpha value is -1.97. The van der Waals surface area contributed by atoms with Crippen LogP contribution in [-0.2, 0) is 6.42 Å². The van der Waals surface area contributed by atoms with Crippen LogP contribution in [0.2, 0.25) is 0 Å². The van der Waals surface area contributed by atoms with Gasteiger partial charge < -0.3 is 0 Å². The molecule has 0 fully saturated rings. The summed E-state index contributed by atoms with van der Waals surface area (Å²) in [5.74, 6) is 0. The van der Waals surface area contributed by atoms with Crippen molar-refractivity contribution in [2.75, 3.05) is 0 Å². The summed E-state index contributed by atoms with van der Waals surface area (Å²) in [6.45, 7) is 4.25. The summed E-state index contributed by atoms with van der Waals surface area (Å²) in [5.41, 5.74) is 4.42. The summed E-state index contributed by atoms with van der Waals surface area (Å²) in [6.07, 6.45) is 1.04. The second kappa shape index (κ2) is 3.27. The topological polar surface area (TPSA) is 43.1 Å². The first-order valence-electron chi connectivity index (χ1n) is 5.40. The van der Waals surface area contributed by atoms with E-state index in [1.165, 1.54) is 16.5 Å². The van der Waals surface area contributed by atoms with E-state index in [9.17, 15) is 0 Å². The summed E-state index contributed by atoms with van der Waals surface area (Å²) < 4.78 is 1.78. The van der Waals surface area contributed by atoms with Gasteiger partial charge in [-0.1, -0.05) is 13.0 Å². The third kappa shape index (κ3) is 1.19. The van der Waals surface area contributed by atoms with Crippen LogP contribution in [0.15, 0.2) is 24.3 Å². The molecule has 3 aromatic rings. The monoisotopic (exact) mass is 212 g/mol. The first kappa shape index (κ1) is 9.27. The Morgan fingerprint density at radius 3 is 2.94 bits per heavy atom. The van der Waals surface area contributed by atoms with Crippen molar-refractivity contribution >= 4 is 16.6 Å². The van der Waals surface area contributed by atoms with Crippen LogP contribution in [0, 0.1) is 6.92 Å².